The fourth-order valence-electron chi connectivity index (χ4n) is 2.23. The summed E-state index contributed by atoms with van der Waals surface area (Å²) in [5.41, 5.74) is 5.33. The summed E-state index contributed by atoms with van der Waals surface area (Å²) in [6.45, 7) is 1.97. The number of para-hydroxylation sites is 1. The second-order valence-electron chi connectivity index (χ2n) is 5.06. The standard InChI is InChI=1S/C17H13Cl3N2O/c1-10-12(6-11-4-2-3-5-16(11)23-10)9-21-22-17-14(19)7-13(18)8-15(17)20/h2-10,22H,1H3/b21-9-/t10-/m1/s1. The number of hydrogen-bond acceptors (Lipinski definition) is 3. The molecule has 0 radical (unpaired) electrons. The van der Waals surface area contributed by atoms with Gasteiger partial charge in [0, 0.05) is 16.2 Å². The van der Waals surface area contributed by atoms with Gasteiger partial charge in [-0.3, -0.25) is 5.43 Å². The van der Waals surface area contributed by atoms with E-state index < -0.39 is 0 Å². The van der Waals surface area contributed by atoms with E-state index >= 15 is 0 Å². The normalized spacial score (nSPS) is 16.7. The molecule has 1 heterocycles. The van der Waals surface area contributed by atoms with Gasteiger partial charge in [-0.05, 0) is 31.2 Å². The van der Waals surface area contributed by atoms with Crippen molar-refractivity contribution in [3.8, 4) is 5.75 Å². The Hall–Kier alpha value is -1.68. The van der Waals surface area contributed by atoms with E-state index in [9.17, 15) is 0 Å². The zero-order valence-corrected chi connectivity index (χ0v) is 14.5. The third-order valence-corrected chi connectivity index (χ3v) is 4.23. The van der Waals surface area contributed by atoms with E-state index in [1.165, 1.54) is 0 Å². The average Bonchev–Trinajstić information content (AvgIpc) is 2.50. The molecule has 3 nitrogen and oxygen atoms in total. The van der Waals surface area contributed by atoms with Crippen molar-refractivity contribution in [1.29, 1.82) is 0 Å². The molecule has 118 valence electrons. The summed E-state index contributed by atoms with van der Waals surface area (Å²) in [6, 6.07) is 11.1. The lowest BCUT2D eigenvalue weighted by Gasteiger charge is -2.22. The first-order chi connectivity index (χ1) is 11.0. The van der Waals surface area contributed by atoms with Gasteiger partial charge in [0.2, 0.25) is 0 Å². The molecule has 3 rings (SSSR count). The van der Waals surface area contributed by atoms with Crippen molar-refractivity contribution in [2.45, 2.75) is 13.0 Å². The molecule has 0 bridgehead atoms. The lowest BCUT2D eigenvalue weighted by atomic mass is 10.0. The van der Waals surface area contributed by atoms with Crippen LogP contribution in [0.25, 0.3) is 6.08 Å². The molecule has 2 aromatic rings. The summed E-state index contributed by atoms with van der Waals surface area (Å²) in [7, 11) is 0. The SMILES string of the molecule is C[C@H]1Oc2ccccc2C=C1/C=N\Nc1c(Cl)cc(Cl)cc1Cl. The van der Waals surface area contributed by atoms with Crippen LogP contribution in [-0.2, 0) is 0 Å². The van der Waals surface area contributed by atoms with Crippen molar-refractivity contribution < 1.29 is 4.74 Å². The Morgan fingerprint density at radius 2 is 1.83 bits per heavy atom. The highest BCUT2D eigenvalue weighted by molar-refractivity contribution is 6.41. The van der Waals surface area contributed by atoms with Crippen molar-refractivity contribution in [2.75, 3.05) is 5.43 Å². The molecule has 23 heavy (non-hydrogen) atoms. The first kappa shape index (κ1) is 16.2. The van der Waals surface area contributed by atoms with Crippen LogP contribution in [0.3, 0.4) is 0 Å². The smallest absolute Gasteiger partial charge is 0.127 e. The van der Waals surface area contributed by atoms with Crippen molar-refractivity contribution in [3.63, 3.8) is 0 Å². The second-order valence-corrected chi connectivity index (χ2v) is 6.31. The summed E-state index contributed by atoms with van der Waals surface area (Å²) < 4.78 is 5.85. The monoisotopic (exact) mass is 366 g/mol. The molecule has 1 aliphatic heterocycles. The summed E-state index contributed by atoms with van der Waals surface area (Å²) in [5.74, 6) is 0.869. The number of nitrogens with one attached hydrogen (secondary N) is 1. The van der Waals surface area contributed by atoms with Gasteiger partial charge in [0.1, 0.15) is 11.9 Å². The first-order valence-corrected chi connectivity index (χ1v) is 8.09. The number of rotatable bonds is 3. The van der Waals surface area contributed by atoms with Crippen molar-refractivity contribution in [1.82, 2.24) is 0 Å². The van der Waals surface area contributed by atoms with Crippen LogP contribution in [0.1, 0.15) is 12.5 Å². The molecule has 0 unspecified atom stereocenters. The molecule has 1 N–H and O–H groups in total. The Bertz CT molecular complexity index is 779. The molecule has 0 saturated heterocycles. The fourth-order valence-corrected chi connectivity index (χ4v) is 3.13. The number of ether oxygens (including phenoxy) is 1. The van der Waals surface area contributed by atoms with Crippen LogP contribution in [0.5, 0.6) is 5.75 Å². The molecule has 0 spiro atoms. The van der Waals surface area contributed by atoms with Crippen molar-refractivity contribution in [2.24, 2.45) is 5.10 Å². The molecular formula is C17H13Cl3N2O. The van der Waals surface area contributed by atoms with Crippen LogP contribution in [0.4, 0.5) is 5.69 Å². The van der Waals surface area contributed by atoms with Gasteiger partial charge in [0.25, 0.3) is 0 Å². The van der Waals surface area contributed by atoms with Gasteiger partial charge in [-0.15, -0.1) is 0 Å². The van der Waals surface area contributed by atoms with Gasteiger partial charge in [-0.25, -0.2) is 0 Å². The van der Waals surface area contributed by atoms with E-state index in [1.54, 1.807) is 18.3 Å². The van der Waals surface area contributed by atoms with Crippen LogP contribution >= 0.6 is 34.8 Å². The van der Waals surface area contributed by atoms with E-state index in [2.05, 4.69) is 10.5 Å². The minimum atomic E-state index is -0.0911. The molecule has 6 heteroatoms. The van der Waals surface area contributed by atoms with E-state index in [0.29, 0.717) is 20.8 Å². The van der Waals surface area contributed by atoms with Crippen LogP contribution in [0.2, 0.25) is 15.1 Å². The van der Waals surface area contributed by atoms with Gasteiger partial charge in [0.15, 0.2) is 0 Å². The van der Waals surface area contributed by atoms with Crippen LogP contribution < -0.4 is 10.2 Å². The lowest BCUT2D eigenvalue weighted by molar-refractivity contribution is 0.260. The Kier molecular flexibility index (Phi) is 4.81. The Morgan fingerprint density at radius 3 is 2.57 bits per heavy atom. The quantitative estimate of drug-likeness (QED) is 0.540. The van der Waals surface area contributed by atoms with E-state index in [-0.39, 0.29) is 6.10 Å². The van der Waals surface area contributed by atoms with Crippen LogP contribution in [-0.4, -0.2) is 12.3 Å². The predicted molar refractivity (Wildman–Crippen MR) is 98.1 cm³/mol. The Morgan fingerprint density at radius 1 is 1.13 bits per heavy atom. The number of halogens is 3. The second kappa shape index (κ2) is 6.83. The highest BCUT2D eigenvalue weighted by Gasteiger charge is 2.17. The Balaban J connectivity index is 1.80. The average molecular weight is 368 g/mol. The molecular weight excluding hydrogens is 355 g/mol. The van der Waals surface area contributed by atoms with Gasteiger partial charge >= 0.3 is 0 Å². The molecule has 0 fully saturated rings. The highest BCUT2D eigenvalue weighted by atomic mass is 35.5. The zero-order chi connectivity index (χ0) is 16.4. The summed E-state index contributed by atoms with van der Waals surface area (Å²) in [4.78, 5) is 0. The molecule has 1 atom stereocenters. The lowest BCUT2D eigenvalue weighted by Crippen LogP contribution is -2.19. The van der Waals surface area contributed by atoms with Crippen molar-refractivity contribution >= 4 is 52.8 Å². The third-order valence-electron chi connectivity index (χ3n) is 3.41. The minimum absolute atomic E-state index is 0.0911. The summed E-state index contributed by atoms with van der Waals surface area (Å²) >= 11 is 18.1. The number of nitrogens with zero attached hydrogens (tertiary/aromatic N) is 1. The maximum atomic E-state index is 6.11. The van der Waals surface area contributed by atoms with Gasteiger partial charge < -0.3 is 4.74 Å². The van der Waals surface area contributed by atoms with E-state index in [4.69, 9.17) is 39.5 Å². The predicted octanol–water partition coefficient (Wildman–Crippen LogP) is 5.91. The number of benzene rings is 2. The minimum Gasteiger partial charge on any atom is -0.485 e. The highest BCUT2D eigenvalue weighted by Crippen LogP contribution is 2.34. The van der Waals surface area contributed by atoms with Gasteiger partial charge in [0.05, 0.1) is 21.9 Å². The molecule has 2 aromatic carbocycles. The van der Waals surface area contributed by atoms with Crippen molar-refractivity contribution in [3.05, 3.63) is 62.6 Å². The summed E-state index contributed by atoms with van der Waals surface area (Å²) in [5, 5.41) is 5.50. The largest absolute Gasteiger partial charge is 0.485 e. The number of hydrazone groups is 1. The maximum absolute atomic E-state index is 6.11. The topological polar surface area (TPSA) is 33.6 Å². The fraction of sp³-hybridized carbons (Fsp3) is 0.118. The zero-order valence-electron chi connectivity index (χ0n) is 12.2. The summed E-state index contributed by atoms with van der Waals surface area (Å²) in [6.07, 6.45) is 3.65. The van der Waals surface area contributed by atoms with E-state index in [0.717, 1.165) is 16.9 Å². The number of hydrogen-bond donors (Lipinski definition) is 1. The van der Waals surface area contributed by atoms with Gasteiger partial charge in [-0.2, -0.15) is 5.10 Å². The number of fused-ring (bicyclic) bond motifs is 1. The van der Waals surface area contributed by atoms with Gasteiger partial charge in [-0.1, -0.05) is 53.0 Å². The first-order valence-electron chi connectivity index (χ1n) is 6.95. The molecule has 1 aliphatic rings. The molecule has 0 amide bonds. The third kappa shape index (κ3) is 3.63. The Labute approximate surface area is 149 Å². The van der Waals surface area contributed by atoms with Crippen LogP contribution in [0, 0.1) is 0 Å². The van der Waals surface area contributed by atoms with E-state index in [1.807, 2.05) is 37.3 Å². The van der Waals surface area contributed by atoms with Crippen LogP contribution in [0.15, 0.2) is 47.1 Å². The molecule has 0 saturated carbocycles. The number of anilines is 1. The maximum Gasteiger partial charge on any atom is 0.127 e. The molecule has 0 aromatic heterocycles. The molecule has 0 aliphatic carbocycles.